The molecule has 4 heterocycles. The molecule has 31 heavy (non-hydrogen) atoms. The van der Waals surface area contributed by atoms with Gasteiger partial charge in [0.1, 0.15) is 23.7 Å². The predicted octanol–water partition coefficient (Wildman–Crippen LogP) is 4.23. The lowest BCUT2D eigenvalue weighted by molar-refractivity contribution is 0.0785. The largest absolute Gasteiger partial charge is 0.487 e. The zero-order valence-corrected chi connectivity index (χ0v) is 17.8. The Labute approximate surface area is 184 Å². The van der Waals surface area contributed by atoms with Crippen molar-refractivity contribution in [1.82, 2.24) is 24.5 Å². The Morgan fingerprint density at radius 1 is 1.29 bits per heavy atom. The van der Waals surface area contributed by atoms with E-state index in [1.165, 1.54) is 0 Å². The van der Waals surface area contributed by atoms with Gasteiger partial charge in [-0.1, -0.05) is 17.7 Å². The van der Waals surface area contributed by atoms with Gasteiger partial charge in [-0.15, -0.1) is 0 Å². The van der Waals surface area contributed by atoms with Gasteiger partial charge in [-0.3, -0.25) is 9.89 Å². The third-order valence-electron chi connectivity index (χ3n) is 5.65. The van der Waals surface area contributed by atoms with E-state index in [1.807, 2.05) is 52.8 Å². The van der Waals surface area contributed by atoms with Crippen LogP contribution in [-0.4, -0.2) is 43.5 Å². The normalized spacial score (nSPS) is 16.2. The molecule has 158 valence electrons. The van der Waals surface area contributed by atoms with Gasteiger partial charge in [0, 0.05) is 36.4 Å². The molecule has 0 spiro atoms. The summed E-state index contributed by atoms with van der Waals surface area (Å²) in [6.45, 7) is 3.72. The number of ether oxygens (including phenoxy) is 1. The zero-order valence-electron chi connectivity index (χ0n) is 17.1. The summed E-state index contributed by atoms with van der Waals surface area (Å²) in [5, 5.41) is 8.17. The first kappa shape index (κ1) is 19.6. The average Bonchev–Trinajstić information content (AvgIpc) is 3.52. The molecule has 0 aliphatic carbocycles. The molecule has 5 rings (SSSR count). The van der Waals surface area contributed by atoms with Crippen molar-refractivity contribution in [1.29, 1.82) is 0 Å². The number of carbonyl (C=O) groups excluding carboxylic acids is 1. The van der Waals surface area contributed by atoms with Crippen LogP contribution < -0.4 is 4.74 Å². The van der Waals surface area contributed by atoms with Gasteiger partial charge in [0.25, 0.3) is 5.91 Å². The van der Waals surface area contributed by atoms with E-state index in [2.05, 4.69) is 15.2 Å². The molecule has 0 bridgehead atoms. The molecule has 1 N–H and O–H groups in total. The number of carbonyl (C=O) groups is 1. The summed E-state index contributed by atoms with van der Waals surface area (Å²) in [7, 11) is 0. The molecule has 1 aliphatic rings. The van der Waals surface area contributed by atoms with Gasteiger partial charge >= 0.3 is 0 Å². The van der Waals surface area contributed by atoms with Crippen LogP contribution in [0.4, 0.5) is 0 Å². The van der Waals surface area contributed by atoms with Crippen LogP contribution in [0.25, 0.3) is 5.65 Å². The summed E-state index contributed by atoms with van der Waals surface area (Å²) in [6.07, 6.45) is 4.59. The SMILES string of the molecule is Cc1cccn2cc(C(=O)N3CC[C@@H](c4cc(COc5ccc(Cl)cc5)[nH]n4)C3)nc12. The topological polar surface area (TPSA) is 75.5 Å². The summed E-state index contributed by atoms with van der Waals surface area (Å²) in [5.41, 5.74) is 4.19. The maximum absolute atomic E-state index is 13.0. The Bertz CT molecular complexity index is 1230. The molecule has 0 saturated carbocycles. The average molecular weight is 436 g/mol. The molecular weight excluding hydrogens is 414 g/mol. The van der Waals surface area contributed by atoms with Crippen LogP contribution in [0.5, 0.6) is 5.75 Å². The number of imidazole rings is 1. The minimum absolute atomic E-state index is 0.0348. The molecule has 1 fully saturated rings. The monoisotopic (exact) mass is 435 g/mol. The van der Waals surface area contributed by atoms with Gasteiger partial charge in [-0.05, 0) is 55.3 Å². The highest BCUT2D eigenvalue weighted by molar-refractivity contribution is 6.30. The Balaban J connectivity index is 1.22. The van der Waals surface area contributed by atoms with Crippen LogP contribution in [0, 0.1) is 6.92 Å². The van der Waals surface area contributed by atoms with Crippen molar-refractivity contribution in [3.8, 4) is 5.75 Å². The smallest absolute Gasteiger partial charge is 0.274 e. The van der Waals surface area contributed by atoms with Crippen LogP contribution in [-0.2, 0) is 6.61 Å². The first-order valence-corrected chi connectivity index (χ1v) is 10.6. The van der Waals surface area contributed by atoms with E-state index in [1.54, 1.807) is 18.3 Å². The van der Waals surface area contributed by atoms with E-state index in [9.17, 15) is 4.79 Å². The van der Waals surface area contributed by atoms with E-state index < -0.39 is 0 Å². The minimum Gasteiger partial charge on any atom is -0.487 e. The highest BCUT2D eigenvalue weighted by Crippen LogP contribution is 2.28. The molecule has 0 unspecified atom stereocenters. The zero-order chi connectivity index (χ0) is 21.4. The summed E-state index contributed by atoms with van der Waals surface area (Å²) < 4.78 is 7.67. The lowest BCUT2D eigenvalue weighted by Gasteiger charge is -2.14. The van der Waals surface area contributed by atoms with Gasteiger partial charge in [-0.2, -0.15) is 5.10 Å². The van der Waals surface area contributed by atoms with Crippen molar-refractivity contribution in [2.75, 3.05) is 13.1 Å². The summed E-state index contributed by atoms with van der Waals surface area (Å²) in [4.78, 5) is 19.4. The Kier molecular flexibility index (Phi) is 5.11. The Morgan fingerprint density at radius 3 is 2.94 bits per heavy atom. The number of pyridine rings is 1. The number of hydrogen-bond donors (Lipinski definition) is 1. The number of amides is 1. The molecule has 4 aromatic rings. The number of fused-ring (bicyclic) bond motifs is 1. The van der Waals surface area contributed by atoms with Crippen molar-refractivity contribution in [2.24, 2.45) is 0 Å². The highest BCUT2D eigenvalue weighted by Gasteiger charge is 2.30. The summed E-state index contributed by atoms with van der Waals surface area (Å²) >= 11 is 5.90. The Hall–Kier alpha value is -3.32. The van der Waals surface area contributed by atoms with Crippen molar-refractivity contribution < 1.29 is 9.53 Å². The lowest BCUT2D eigenvalue weighted by atomic mass is 10.1. The maximum Gasteiger partial charge on any atom is 0.274 e. The number of rotatable bonds is 5. The fourth-order valence-corrected chi connectivity index (χ4v) is 4.09. The molecule has 1 saturated heterocycles. The quantitative estimate of drug-likeness (QED) is 0.509. The third-order valence-corrected chi connectivity index (χ3v) is 5.90. The number of halogens is 1. The molecule has 1 atom stereocenters. The minimum atomic E-state index is -0.0348. The number of nitrogens with zero attached hydrogens (tertiary/aromatic N) is 4. The summed E-state index contributed by atoms with van der Waals surface area (Å²) in [5.74, 6) is 0.913. The standard InChI is InChI=1S/C23H22ClN5O2/c1-15-3-2-9-28-13-21(25-22(15)28)23(30)29-10-8-16(12-29)20-11-18(26-27-20)14-31-19-6-4-17(24)5-7-19/h2-7,9,11,13,16H,8,10,12,14H2,1H3,(H,26,27)/t16-/m1/s1. The van der Waals surface area contributed by atoms with E-state index in [4.69, 9.17) is 16.3 Å². The van der Waals surface area contributed by atoms with Crippen LogP contribution >= 0.6 is 11.6 Å². The molecule has 7 nitrogen and oxygen atoms in total. The lowest BCUT2D eigenvalue weighted by Crippen LogP contribution is -2.28. The van der Waals surface area contributed by atoms with Crippen molar-refractivity contribution in [3.05, 3.63) is 82.5 Å². The maximum atomic E-state index is 13.0. The van der Waals surface area contributed by atoms with Crippen LogP contribution in [0.3, 0.4) is 0 Å². The van der Waals surface area contributed by atoms with Gasteiger partial charge < -0.3 is 14.0 Å². The number of aryl methyl sites for hydroxylation is 1. The van der Waals surface area contributed by atoms with Crippen molar-refractivity contribution in [2.45, 2.75) is 25.9 Å². The molecule has 1 aromatic carbocycles. The van der Waals surface area contributed by atoms with Crippen LogP contribution in [0.1, 0.15) is 39.8 Å². The van der Waals surface area contributed by atoms with Gasteiger partial charge in [-0.25, -0.2) is 4.98 Å². The summed E-state index contributed by atoms with van der Waals surface area (Å²) in [6, 6.07) is 13.2. The number of hydrogen-bond acceptors (Lipinski definition) is 4. The molecule has 0 radical (unpaired) electrons. The first-order valence-electron chi connectivity index (χ1n) is 10.2. The number of likely N-dealkylation sites (tertiary alicyclic amines) is 1. The first-order chi connectivity index (χ1) is 15.1. The van der Waals surface area contributed by atoms with Crippen LogP contribution in [0.2, 0.25) is 5.02 Å². The van der Waals surface area contributed by atoms with E-state index >= 15 is 0 Å². The van der Waals surface area contributed by atoms with Crippen LogP contribution in [0.15, 0.2) is 54.9 Å². The van der Waals surface area contributed by atoms with Gasteiger partial charge in [0.05, 0.1) is 11.4 Å². The molecule has 1 amide bonds. The fourth-order valence-electron chi connectivity index (χ4n) is 3.96. The molecule has 3 aromatic heterocycles. The van der Waals surface area contributed by atoms with Gasteiger partial charge in [0.2, 0.25) is 0 Å². The van der Waals surface area contributed by atoms with Crippen molar-refractivity contribution >= 4 is 23.2 Å². The van der Waals surface area contributed by atoms with Gasteiger partial charge in [0.15, 0.2) is 0 Å². The highest BCUT2D eigenvalue weighted by atomic mass is 35.5. The number of H-pyrrole nitrogens is 1. The second-order valence-corrected chi connectivity index (χ2v) is 8.28. The van der Waals surface area contributed by atoms with Crippen molar-refractivity contribution in [3.63, 3.8) is 0 Å². The molecular formula is C23H22ClN5O2. The van der Waals surface area contributed by atoms with E-state index in [0.717, 1.165) is 34.8 Å². The Morgan fingerprint density at radius 2 is 2.13 bits per heavy atom. The number of aromatic amines is 1. The molecule has 8 heteroatoms. The number of aromatic nitrogens is 4. The van der Waals surface area contributed by atoms with E-state index in [-0.39, 0.29) is 11.8 Å². The fraction of sp³-hybridized carbons (Fsp3) is 0.261. The van der Waals surface area contributed by atoms with E-state index in [0.29, 0.717) is 30.4 Å². The molecule has 1 aliphatic heterocycles. The third kappa shape index (κ3) is 4.01. The predicted molar refractivity (Wildman–Crippen MR) is 118 cm³/mol. The second-order valence-electron chi connectivity index (χ2n) is 7.85. The second kappa shape index (κ2) is 8.07. The number of benzene rings is 1. The number of nitrogens with one attached hydrogen (secondary N) is 1.